The number of nitrogens with one attached hydrogen (secondary N) is 2. The van der Waals surface area contributed by atoms with E-state index in [-0.39, 0.29) is 19.6 Å². The Morgan fingerprint density at radius 2 is 2.12 bits per heavy atom. The van der Waals surface area contributed by atoms with Gasteiger partial charge in [-0.1, -0.05) is 18.5 Å². The second kappa shape index (κ2) is 9.93. The molecule has 0 spiro atoms. The minimum Gasteiger partial charge on any atom is -0.364 e. The van der Waals surface area contributed by atoms with E-state index in [0.29, 0.717) is 12.1 Å². The van der Waals surface area contributed by atoms with E-state index in [2.05, 4.69) is 19.4 Å². The zero-order chi connectivity index (χ0) is 18.9. The Bertz CT molecular complexity index is 648. The Labute approximate surface area is 144 Å². The van der Waals surface area contributed by atoms with Gasteiger partial charge >= 0.3 is 16.4 Å². The van der Waals surface area contributed by atoms with Gasteiger partial charge < -0.3 is 9.42 Å². The van der Waals surface area contributed by atoms with Crippen LogP contribution in [0.1, 0.15) is 32.4 Å². The molecule has 0 fully saturated rings. The highest BCUT2D eigenvalue weighted by atomic mass is 32.3. The second-order valence-corrected chi connectivity index (χ2v) is 5.78. The van der Waals surface area contributed by atoms with Crippen LogP contribution >= 0.6 is 0 Å². The average Bonchev–Trinajstić information content (AvgIpc) is 3.05. The van der Waals surface area contributed by atoms with E-state index < -0.39 is 28.4 Å². The van der Waals surface area contributed by atoms with Gasteiger partial charge in [-0.2, -0.15) is 13.9 Å². The van der Waals surface area contributed by atoms with Gasteiger partial charge in [0, 0.05) is 12.6 Å². The van der Waals surface area contributed by atoms with Crippen LogP contribution in [0.2, 0.25) is 0 Å². The molecule has 13 heteroatoms. The predicted octanol–water partition coefficient (Wildman–Crippen LogP) is 0.157. The molecule has 1 aromatic rings. The molecule has 0 unspecified atom stereocenters. The molecule has 0 radical (unpaired) electrons. The topological polar surface area (TPSA) is 160 Å². The zero-order valence-electron chi connectivity index (χ0n) is 13.7. The highest BCUT2D eigenvalue weighted by Gasteiger charge is 2.29. The summed E-state index contributed by atoms with van der Waals surface area (Å²) in [5, 5.41) is 3.60. The van der Waals surface area contributed by atoms with Crippen LogP contribution in [0.25, 0.3) is 0 Å². The molecule has 0 aliphatic rings. The lowest BCUT2D eigenvalue weighted by atomic mass is 10.1. The molecule has 1 rings (SSSR count). The van der Waals surface area contributed by atoms with E-state index >= 15 is 0 Å². The standard InChI is InChI=1S/C12H20N4O8S/c1-3-5-10(11(17)14-23-8-9-6-7-22-13-9)16(4-2)12(18)15-24-25(19,20)21/h6-7,10H,3-5,8H2,1-2H3,(H,14,17)(H,15,18)(H,19,20,21)/t10-/m0/s1. The van der Waals surface area contributed by atoms with Crippen molar-refractivity contribution in [1.82, 2.24) is 21.0 Å². The smallest absolute Gasteiger partial charge is 0.364 e. The third-order valence-corrected chi connectivity index (χ3v) is 3.25. The third-order valence-electron chi connectivity index (χ3n) is 2.96. The number of carbonyl (C=O) groups is 2. The Hall–Kier alpha value is -2.22. The van der Waals surface area contributed by atoms with Gasteiger partial charge in [0.15, 0.2) is 0 Å². The fourth-order valence-electron chi connectivity index (χ4n) is 1.92. The zero-order valence-corrected chi connectivity index (χ0v) is 14.5. The first-order valence-corrected chi connectivity index (χ1v) is 8.68. The minimum atomic E-state index is -4.86. The summed E-state index contributed by atoms with van der Waals surface area (Å²) >= 11 is 0. The summed E-state index contributed by atoms with van der Waals surface area (Å²) in [6.45, 7) is 3.42. The quantitative estimate of drug-likeness (QED) is 0.379. The van der Waals surface area contributed by atoms with Gasteiger partial charge in [-0.15, -0.1) is 4.28 Å². The number of urea groups is 1. The monoisotopic (exact) mass is 380 g/mol. The largest absolute Gasteiger partial charge is 0.418 e. The van der Waals surface area contributed by atoms with Crippen LogP contribution in [0.3, 0.4) is 0 Å². The molecule has 25 heavy (non-hydrogen) atoms. The van der Waals surface area contributed by atoms with Crippen LogP contribution in [0.5, 0.6) is 0 Å². The van der Waals surface area contributed by atoms with Crippen molar-refractivity contribution in [2.75, 3.05) is 6.54 Å². The van der Waals surface area contributed by atoms with Crippen LogP contribution in [0.4, 0.5) is 4.79 Å². The SMILES string of the molecule is CCC[C@@H](C(=O)NOCc1ccon1)N(CC)C(=O)NOS(=O)(=O)O. The van der Waals surface area contributed by atoms with Crippen molar-refractivity contribution >= 4 is 22.3 Å². The summed E-state index contributed by atoms with van der Waals surface area (Å²) in [5.41, 5.74) is 4.21. The van der Waals surface area contributed by atoms with Crippen molar-refractivity contribution in [3.63, 3.8) is 0 Å². The van der Waals surface area contributed by atoms with E-state index in [1.165, 1.54) is 6.26 Å². The summed E-state index contributed by atoms with van der Waals surface area (Å²) in [6.07, 6.45) is 2.19. The first-order chi connectivity index (χ1) is 11.8. The normalized spacial score (nSPS) is 12.4. The van der Waals surface area contributed by atoms with Crippen molar-refractivity contribution in [2.45, 2.75) is 39.3 Å². The molecule has 3 amide bonds. The van der Waals surface area contributed by atoms with E-state index in [1.807, 2.05) is 0 Å². The van der Waals surface area contributed by atoms with E-state index in [1.54, 1.807) is 25.4 Å². The number of hydroxylamine groups is 2. The lowest BCUT2D eigenvalue weighted by Crippen LogP contribution is -2.52. The van der Waals surface area contributed by atoms with E-state index in [4.69, 9.17) is 9.39 Å². The fourth-order valence-corrected chi connectivity index (χ4v) is 2.09. The first kappa shape index (κ1) is 20.8. The summed E-state index contributed by atoms with van der Waals surface area (Å²) in [4.78, 5) is 30.3. The average molecular weight is 380 g/mol. The third kappa shape index (κ3) is 7.47. The summed E-state index contributed by atoms with van der Waals surface area (Å²) < 4.78 is 37.9. The van der Waals surface area contributed by atoms with Crippen molar-refractivity contribution < 1.29 is 36.2 Å². The van der Waals surface area contributed by atoms with E-state index in [9.17, 15) is 18.0 Å². The van der Waals surface area contributed by atoms with Gasteiger partial charge in [-0.05, 0) is 13.3 Å². The Balaban J connectivity index is 2.65. The van der Waals surface area contributed by atoms with Crippen LogP contribution in [-0.4, -0.2) is 47.6 Å². The Kier molecular flexibility index (Phi) is 8.27. The number of carbonyl (C=O) groups excluding carboxylic acids is 2. The molecule has 0 saturated carbocycles. The van der Waals surface area contributed by atoms with Crippen LogP contribution in [0, 0.1) is 0 Å². The molecule has 0 aliphatic carbocycles. The number of likely N-dealkylation sites (N-methyl/N-ethyl adjacent to an activating group) is 1. The molecule has 0 aliphatic heterocycles. The number of aromatic nitrogens is 1. The van der Waals surface area contributed by atoms with Crippen LogP contribution in [0.15, 0.2) is 16.9 Å². The molecule has 0 bridgehead atoms. The predicted molar refractivity (Wildman–Crippen MR) is 81.7 cm³/mol. The maximum Gasteiger partial charge on any atom is 0.418 e. The highest BCUT2D eigenvalue weighted by molar-refractivity contribution is 7.80. The Morgan fingerprint density at radius 3 is 2.64 bits per heavy atom. The Morgan fingerprint density at radius 1 is 1.40 bits per heavy atom. The molecular formula is C12H20N4O8S. The van der Waals surface area contributed by atoms with E-state index in [0.717, 1.165) is 4.90 Å². The fraction of sp³-hybridized carbons (Fsp3) is 0.583. The van der Waals surface area contributed by atoms with Crippen LogP contribution in [-0.2, 0) is 30.9 Å². The van der Waals surface area contributed by atoms with Crippen molar-refractivity contribution in [2.24, 2.45) is 0 Å². The molecule has 12 nitrogen and oxygen atoms in total. The second-order valence-electron chi connectivity index (χ2n) is 4.75. The van der Waals surface area contributed by atoms with Gasteiger partial charge in [0.2, 0.25) is 0 Å². The molecule has 142 valence electrons. The summed E-state index contributed by atoms with van der Waals surface area (Å²) in [7, 11) is -4.86. The number of amides is 3. The van der Waals surface area contributed by atoms with Crippen LogP contribution < -0.4 is 11.0 Å². The molecule has 3 N–H and O–H groups in total. The maximum atomic E-state index is 12.3. The number of rotatable bonds is 10. The maximum absolute atomic E-state index is 12.3. The highest BCUT2D eigenvalue weighted by Crippen LogP contribution is 2.09. The van der Waals surface area contributed by atoms with Gasteiger partial charge in [-0.25, -0.2) is 10.3 Å². The van der Waals surface area contributed by atoms with Crippen molar-refractivity contribution in [1.29, 1.82) is 0 Å². The summed E-state index contributed by atoms with van der Waals surface area (Å²) in [5.74, 6) is -0.616. The van der Waals surface area contributed by atoms with Gasteiger partial charge in [-0.3, -0.25) is 14.2 Å². The number of hydrogen-bond acceptors (Lipinski definition) is 8. The van der Waals surface area contributed by atoms with Crippen molar-refractivity contribution in [3.05, 3.63) is 18.0 Å². The van der Waals surface area contributed by atoms with Gasteiger partial charge in [0.05, 0.1) is 0 Å². The molecule has 1 atom stereocenters. The van der Waals surface area contributed by atoms with Gasteiger partial charge in [0.25, 0.3) is 5.91 Å². The number of nitrogens with zero attached hydrogens (tertiary/aromatic N) is 2. The summed E-state index contributed by atoms with van der Waals surface area (Å²) in [6, 6.07) is -0.406. The lowest BCUT2D eigenvalue weighted by Gasteiger charge is -2.28. The molecule has 1 aromatic heterocycles. The molecule has 1 heterocycles. The number of hydrogen-bond donors (Lipinski definition) is 3. The van der Waals surface area contributed by atoms with Gasteiger partial charge in [0.1, 0.15) is 24.6 Å². The molecular weight excluding hydrogens is 360 g/mol. The first-order valence-electron chi connectivity index (χ1n) is 7.31. The lowest BCUT2D eigenvalue weighted by molar-refractivity contribution is -0.139. The molecule has 0 saturated heterocycles. The molecule has 0 aromatic carbocycles. The minimum absolute atomic E-state index is 0.0364. The van der Waals surface area contributed by atoms with Crippen molar-refractivity contribution in [3.8, 4) is 0 Å².